The smallest absolute Gasteiger partial charge is 0.307 e. The third-order valence-corrected chi connectivity index (χ3v) is 5.98. The monoisotopic (exact) mass is 461 g/mol. The molecule has 1 amide bonds. The lowest BCUT2D eigenvalue weighted by molar-refractivity contribution is -0.140. The summed E-state index contributed by atoms with van der Waals surface area (Å²) in [4.78, 5) is 26.1. The first-order valence-electron chi connectivity index (χ1n) is 10.5. The molecule has 0 unspecified atom stereocenters. The molecule has 0 fully saturated rings. The van der Waals surface area contributed by atoms with Crippen molar-refractivity contribution in [2.45, 2.75) is 31.2 Å². The van der Waals surface area contributed by atoms with E-state index >= 15 is 0 Å². The maximum Gasteiger partial charge on any atom is 0.307 e. The van der Waals surface area contributed by atoms with Crippen molar-refractivity contribution in [3.8, 4) is 12.3 Å². The lowest BCUT2D eigenvalue weighted by Gasteiger charge is -2.30. The minimum absolute atomic E-state index is 0.0973. The van der Waals surface area contributed by atoms with Gasteiger partial charge in [0, 0.05) is 40.0 Å². The molecule has 3 aromatic rings. The first kappa shape index (κ1) is 24.0. The summed E-state index contributed by atoms with van der Waals surface area (Å²) in [5.41, 5.74) is 2.69. The Morgan fingerprint density at radius 3 is 2.42 bits per heavy atom. The van der Waals surface area contributed by atoms with Crippen LogP contribution in [0.5, 0.6) is 0 Å². The second-order valence-corrected chi connectivity index (χ2v) is 8.43. The van der Waals surface area contributed by atoms with Crippen molar-refractivity contribution in [1.82, 2.24) is 0 Å². The first-order chi connectivity index (χ1) is 15.9. The van der Waals surface area contributed by atoms with Crippen LogP contribution in [-0.2, 0) is 14.3 Å². The topological polar surface area (TPSA) is 70.7 Å². The number of carbonyl (C=O) groups is 2. The molecule has 3 rings (SSSR count). The zero-order valence-corrected chi connectivity index (χ0v) is 19.7. The zero-order chi connectivity index (χ0) is 23.8. The van der Waals surface area contributed by atoms with E-state index in [4.69, 9.17) is 11.2 Å². The van der Waals surface area contributed by atoms with E-state index in [1.807, 2.05) is 55.5 Å². The molecule has 0 aliphatic heterocycles. The van der Waals surface area contributed by atoms with Gasteiger partial charge in [-0.25, -0.2) is 0 Å². The van der Waals surface area contributed by atoms with E-state index < -0.39 is 0 Å². The van der Waals surface area contributed by atoms with Crippen molar-refractivity contribution in [3.63, 3.8) is 0 Å². The molecule has 0 aliphatic rings. The SMILES string of the molecule is C#CCN(c1ccc(NSc2ccc(NC(C)=O)cc2)c2ccccc12)[C@@H](C)CC(=O)OC. The maximum atomic E-state index is 11.8. The number of hydrogen-bond acceptors (Lipinski definition) is 6. The second kappa shape index (κ2) is 11.3. The van der Waals surface area contributed by atoms with Crippen molar-refractivity contribution in [1.29, 1.82) is 0 Å². The number of terminal acetylenes is 1. The van der Waals surface area contributed by atoms with Gasteiger partial charge in [-0.2, -0.15) is 0 Å². The number of carbonyl (C=O) groups excluding carboxylic acids is 2. The van der Waals surface area contributed by atoms with Gasteiger partial charge in [-0.3, -0.25) is 9.59 Å². The maximum absolute atomic E-state index is 11.8. The van der Waals surface area contributed by atoms with Crippen LogP contribution in [0.1, 0.15) is 20.3 Å². The minimum atomic E-state index is -0.270. The van der Waals surface area contributed by atoms with Crippen LogP contribution in [0, 0.1) is 12.3 Å². The first-order valence-corrected chi connectivity index (χ1v) is 11.3. The van der Waals surface area contributed by atoms with Gasteiger partial charge in [0.25, 0.3) is 0 Å². The van der Waals surface area contributed by atoms with Gasteiger partial charge in [-0.1, -0.05) is 30.2 Å². The van der Waals surface area contributed by atoms with Gasteiger partial charge in [0.15, 0.2) is 0 Å². The van der Waals surface area contributed by atoms with Gasteiger partial charge in [-0.05, 0) is 55.3 Å². The number of ether oxygens (including phenoxy) is 1. The predicted molar refractivity (Wildman–Crippen MR) is 136 cm³/mol. The highest BCUT2D eigenvalue weighted by molar-refractivity contribution is 8.00. The summed E-state index contributed by atoms with van der Waals surface area (Å²) < 4.78 is 8.27. The molecule has 6 nitrogen and oxygen atoms in total. The van der Waals surface area contributed by atoms with Crippen molar-refractivity contribution < 1.29 is 14.3 Å². The number of fused-ring (bicyclic) bond motifs is 1. The molecule has 0 radical (unpaired) electrons. The summed E-state index contributed by atoms with van der Waals surface area (Å²) in [6.45, 7) is 3.83. The Balaban J connectivity index is 1.85. The molecule has 33 heavy (non-hydrogen) atoms. The predicted octanol–water partition coefficient (Wildman–Crippen LogP) is 5.31. The number of anilines is 3. The fourth-order valence-electron chi connectivity index (χ4n) is 3.56. The lowest BCUT2D eigenvalue weighted by Crippen LogP contribution is -2.35. The van der Waals surface area contributed by atoms with Gasteiger partial charge >= 0.3 is 5.97 Å². The molecule has 0 spiro atoms. The quantitative estimate of drug-likeness (QED) is 0.256. The van der Waals surface area contributed by atoms with Gasteiger partial charge in [0.2, 0.25) is 5.91 Å². The summed E-state index contributed by atoms with van der Waals surface area (Å²) in [6, 6.07) is 19.6. The number of esters is 1. The van der Waals surface area contributed by atoms with Crippen molar-refractivity contribution in [2.75, 3.05) is 28.6 Å². The van der Waals surface area contributed by atoms with E-state index in [2.05, 4.69) is 33.0 Å². The average Bonchev–Trinajstić information content (AvgIpc) is 2.81. The van der Waals surface area contributed by atoms with Crippen LogP contribution in [0.2, 0.25) is 0 Å². The van der Waals surface area contributed by atoms with E-state index in [0.29, 0.717) is 6.54 Å². The summed E-state index contributed by atoms with van der Waals surface area (Å²) in [6.07, 6.45) is 5.89. The van der Waals surface area contributed by atoms with Crippen LogP contribution in [-0.4, -0.2) is 31.6 Å². The zero-order valence-electron chi connectivity index (χ0n) is 18.9. The number of nitrogens with one attached hydrogen (secondary N) is 2. The molecular weight excluding hydrogens is 434 g/mol. The fourth-order valence-corrected chi connectivity index (χ4v) is 4.24. The van der Waals surface area contributed by atoms with E-state index in [1.54, 1.807) is 0 Å². The lowest BCUT2D eigenvalue weighted by atomic mass is 10.0. The number of amides is 1. The molecule has 0 heterocycles. The van der Waals surface area contributed by atoms with Gasteiger partial charge < -0.3 is 19.7 Å². The molecule has 3 aromatic carbocycles. The molecule has 0 saturated heterocycles. The molecule has 0 aromatic heterocycles. The number of rotatable bonds is 9. The molecule has 0 saturated carbocycles. The number of benzene rings is 3. The standard InChI is InChI=1S/C26H27N3O3S/c1-5-16-29(18(2)17-26(31)32-4)25-15-14-24(22-8-6-7-9-23(22)25)28-33-21-12-10-20(11-13-21)27-19(3)30/h1,6-15,18,28H,16-17H2,2-4H3,(H,27,30)/t18-/m0/s1. The average molecular weight is 462 g/mol. The van der Waals surface area contributed by atoms with Crippen molar-refractivity contribution in [3.05, 3.63) is 60.7 Å². The van der Waals surface area contributed by atoms with Crippen LogP contribution >= 0.6 is 11.9 Å². The van der Waals surface area contributed by atoms with E-state index in [-0.39, 0.29) is 24.3 Å². The molecule has 0 bridgehead atoms. The summed E-state index contributed by atoms with van der Waals surface area (Å²) in [7, 11) is 1.39. The largest absolute Gasteiger partial charge is 0.469 e. The van der Waals surface area contributed by atoms with Crippen molar-refractivity contribution >= 4 is 51.7 Å². The van der Waals surface area contributed by atoms with Crippen LogP contribution in [0.15, 0.2) is 65.6 Å². The number of hydrogen-bond donors (Lipinski definition) is 2. The number of nitrogens with zero attached hydrogens (tertiary/aromatic N) is 1. The molecule has 1 atom stereocenters. The van der Waals surface area contributed by atoms with E-state index in [9.17, 15) is 9.59 Å². The molecule has 0 aliphatic carbocycles. The van der Waals surface area contributed by atoms with Crippen LogP contribution in [0.3, 0.4) is 0 Å². The molecule has 2 N–H and O–H groups in total. The second-order valence-electron chi connectivity index (χ2n) is 7.55. The number of methoxy groups -OCH3 is 1. The third-order valence-electron chi connectivity index (χ3n) is 5.15. The Bertz CT molecular complexity index is 1170. The van der Waals surface area contributed by atoms with E-state index in [1.165, 1.54) is 26.0 Å². The Kier molecular flexibility index (Phi) is 8.22. The Labute approximate surface area is 198 Å². The summed E-state index contributed by atoms with van der Waals surface area (Å²) in [5, 5.41) is 4.85. The van der Waals surface area contributed by atoms with Crippen LogP contribution in [0.4, 0.5) is 17.1 Å². The summed E-state index contributed by atoms with van der Waals surface area (Å²) in [5.74, 6) is 2.34. The van der Waals surface area contributed by atoms with Crippen LogP contribution in [0.25, 0.3) is 10.8 Å². The highest BCUT2D eigenvalue weighted by atomic mass is 32.2. The van der Waals surface area contributed by atoms with Gasteiger partial charge in [0.1, 0.15) is 0 Å². The Hall–Kier alpha value is -3.63. The third kappa shape index (κ3) is 6.21. The Morgan fingerprint density at radius 2 is 1.79 bits per heavy atom. The highest BCUT2D eigenvalue weighted by Gasteiger charge is 2.20. The Morgan fingerprint density at radius 1 is 1.09 bits per heavy atom. The van der Waals surface area contributed by atoms with Gasteiger partial charge in [0.05, 0.1) is 25.8 Å². The van der Waals surface area contributed by atoms with Crippen molar-refractivity contribution in [2.24, 2.45) is 0 Å². The minimum Gasteiger partial charge on any atom is -0.469 e. The highest BCUT2D eigenvalue weighted by Crippen LogP contribution is 2.35. The molecule has 7 heteroatoms. The van der Waals surface area contributed by atoms with Gasteiger partial charge in [-0.15, -0.1) is 6.42 Å². The normalized spacial score (nSPS) is 11.3. The fraction of sp³-hybridized carbons (Fsp3) is 0.231. The summed E-state index contributed by atoms with van der Waals surface area (Å²) >= 11 is 1.49. The molecule has 170 valence electrons. The molecular formula is C26H27N3O3S. The van der Waals surface area contributed by atoms with E-state index in [0.717, 1.165) is 32.7 Å². The van der Waals surface area contributed by atoms with Crippen LogP contribution < -0.4 is 14.9 Å².